The Hall–Kier alpha value is -6.96. The highest BCUT2D eigenvalue weighted by atomic mass is 15.1. The van der Waals surface area contributed by atoms with Crippen LogP contribution in [0.1, 0.15) is 0 Å². The molecule has 0 fully saturated rings. The third kappa shape index (κ3) is 6.42. The van der Waals surface area contributed by atoms with E-state index in [1.807, 2.05) is 0 Å². The molecule has 0 aromatic heterocycles. The van der Waals surface area contributed by atoms with Crippen molar-refractivity contribution in [2.24, 2.45) is 0 Å². The highest BCUT2D eigenvalue weighted by Gasteiger charge is 2.21. The minimum Gasteiger partial charge on any atom is -0.310 e. The fraction of sp³-hybridized carbons (Fsp3) is 0. The lowest BCUT2D eigenvalue weighted by atomic mass is 9.87. The van der Waals surface area contributed by atoms with Crippen molar-refractivity contribution in [3.63, 3.8) is 0 Å². The highest BCUT2D eigenvalue weighted by molar-refractivity contribution is 5.99. The van der Waals surface area contributed by atoms with Crippen LogP contribution in [0.25, 0.3) is 66.4 Å². The van der Waals surface area contributed by atoms with Gasteiger partial charge in [0.1, 0.15) is 0 Å². The molecule has 0 saturated heterocycles. The molecule has 0 aliphatic carbocycles. The van der Waals surface area contributed by atoms with E-state index in [-0.39, 0.29) is 0 Å². The maximum absolute atomic E-state index is 2.41. The summed E-state index contributed by atoms with van der Waals surface area (Å²) in [7, 11) is 0. The second-order valence-electron chi connectivity index (χ2n) is 13.3. The van der Waals surface area contributed by atoms with E-state index in [2.05, 4.69) is 229 Å². The van der Waals surface area contributed by atoms with Crippen molar-refractivity contribution in [2.75, 3.05) is 4.90 Å². The van der Waals surface area contributed by atoms with Crippen LogP contribution in [0.2, 0.25) is 0 Å². The zero-order valence-electron chi connectivity index (χ0n) is 29.3. The van der Waals surface area contributed by atoms with Crippen LogP contribution in [0, 0.1) is 0 Å². The summed E-state index contributed by atoms with van der Waals surface area (Å²) < 4.78 is 0. The molecule has 9 rings (SSSR count). The van der Waals surface area contributed by atoms with E-state index in [4.69, 9.17) is 0 Å². The molecule has 0 heterocycles. The Balaban J connectivity index is 1.25. The Kier molecular flexibility index (Phi) is 8.66. The monoisotopic (exact) mass is 675 g/mol. The van der Waals surface area contributed by atoms with Gasteiger partial charge in [0, 0.05) is 16.9 Å². The maximum atomic E-state index is 2.41. The fourth-order valence-electron chi connectivity index (χ4n) is 7.47. The Labute approximate surface area is 311 Å². The Bertz CT molecular complexity index is 2640. The van der Waals surface area contributed by atoms with Crippen LogP contribution in [0.15, 0.2) is 224 Å². The van der Waals surface area contributed by atoms with Crippen molar-refractivity contribution in [1.82, 2.24) is 0 Å². The Morgan fingerprint density at radius 2 is 0.698 bits per heavy atom. The largest absolute Gasteiger partial charge is 0.310 e. The van der Waals surface area contributed by atoms with Crippen molar-refractivity contribution >= 4 is 27.8 Å². The normalized spacial score (nSPS) is 11.0. The van der Waals surface area contributed by atoms with Crippen LogP contribution in [-0.2, 0) is 0 Å². The van der Waals surface area contributed by atoms with Gasteiger partial charge in [-0.3, -0.25) is 0 Å². The van der Waals surface area contributed by atoms with Gasteiger partial charge in [0.15, 0.2) is 0 Å². The molecule has 0 unspecified atom stereocenters. The average Bonchev–Trinajstić information content (AvgIpc) is 3.25. The van der Waals surface area contributed by atoms with Gasteiger partial charge in [-0.2, -0.15) is 0 Å². The summed E-state index contributed by atoms with van der Waals surface area (Å²) in [6, 6.07) is 80.9. The second kappa shape index (κ2) is 14.3. The predicted octanol–water partition coefficient (Wildman–Crippen LogP) is 14.6. The van der Waals surface area contributed by atoms with Gasteiger partial charge >= 0.3 is 0 Å². The number of para-hydroxylation sites is 1. The lowest BCUT2D eigenvalue weighted by Crippen LogP contribution is -2.11. The molecular weight excluding hydrogens is 639 g/mol. The number of rotatable bonds is 8. The SMILES string of the molecule is c1ccc(-c2ccc(N(c3ccc4ccccc4c3)c3ccccc3-c3ccccc3-c3cc(-c4ccccc4)ccc3-c3ccccc3)cc2)cc1. The third-order valence-electron chi connectivity index (χ3n) is 10.1. The van der Waals surface area contributed by atoms with Crippen molar-refractivity contribution in [3.05, 3.63) is 224 Å². The smallest absolute Gasteiger partial charge is 0.0540 e. The summed E-state index contributed by atoms with van der Waals surface area (Å²) in [5.41, 5.74) is 15.2. The number of hydrogen-bond acceptors (Lipinski definition) is 1. The zero-order chi connectivity index (χ0) is 35.4. The van der Waals surface area contributed by atoms with Crippen molar-refractivity contribution < 1.29 is 0 Å². The summed E-state index contributed by atoms with van der Waals surface area (Å²) in [6.07, 6.45) is 0. The summed E-state index contributed by atoms with van der Waals surface area (Å²) in [5, 5.41) is 2.43. The molecule has 9 aromatic rings. The molecule has 0 atom stereocenters. The summed E-state index contributed by atoms with van der Waals surface area (Å²) in [4.78, 5) is 2.41. The van der Waals surface area contributed by atoms with Gasteiger partial charge in [-0.1, -0.05) is 188 Å². The first kappa shape index (κ1) is 32.0. The molecule has 0 N–H and O–H groups in total. The zero-order valence-corrected chi connectivity index (χ0v) is 29.3. The molecule has 0 saturated carbocycles. The van der Waals surface area contributed by atoms with Crippen molar-refractivity contribution in [1.29, 1.82) is 0 Å². The van der Waals surface area contributed by atoms with Gasteiger partial charge < -0.3 is 4.90 Å². The topological polar surface area (TPSA) is 3.24 Å². The van der Waals surface area contributed by atoms with Gasteiger partial charge in [0.2, 0.25) is 0 Å². The van der Waals surface area contributed by atoms with E-state index in [0.717, 1.165) is 22.6 Å². The molecule has 0 spiro atoms. The number of hydrogen-bond donors (Lipinski definition) is 0. The van der Waals surface area contributed by atoms with E-state index < -0.39 is 0 Å². The molecule has 0 aliphatic heterocycles. The number of fused-ring (bicyclic) bond motifs is 1. The number of nitrogens with zero attached hydrogens (tertiary/aromatic N) is 1. The van der Waals surface area contributed by atoms with Crippen molar-refractivity contribution in [3.8, 4) is 55.6 Å². The molecule has 0 aliphatic rings. The predicted molar refractivity (Wildman–Crippen MR) is 226 cm³/mol. The molecule has 1 nitrogen and oxygen atoms in total. The lowest BCUT2D eigenvalue weighted by molar-refractivity contribution is 1.29. The molecule has 0 radical (unpaired) electrons. The quantitative estimate of drug-likeness (QED) is 0.155. The molecule has 53 heavy (non-hydrogen) atoms. The molecular formula is C52H37N. The average molecular weight is 676 g/mol. The van der Waals surface area contributed by atoms with Crippen LogP contribution in [-0.4, -0.2) is 0 Å². The summed E-state index contributed by atoms with van der Waals surface area (Å²) >= 11 is 0. The Morgan fingerprint density at radius 3 is 1.38 bits per heavy atom. The lowest BCUT2D eigenvalue weighted by Gasteiger charge is -2.29. The third-order valence-corrected chi connectivity index (χ3v) is 10.1. The maximum Gasteiger partial charge on any atom is 0.0540 e. The van der Waals surface area contributed by atoms with Gasteiger partial charge in [-0.05, 0) is 97.2 Å². The summed E-state index contributed by atoms with van der Waals surface area (Å²) in [6.45, 7) is 0. The number of benzene rings is 9. The standard InChI is InChI=1S/C52H37N/c1-4-16-38(17-5-1)41-28-32-45(33-29-41)53(46-34-30-40-20-10-11-23-43(40)36-46)52-27-15-14-26-50(52)48-24-12-13-25-49(48)51-37-44(39-18-6-2-7-19-39)31-35-47(51)42-21-8-3-9-22-42/h1-37H. The van der Waals surface area contributed by atoms with E-state index >= 15 is 0 Å². The van der Waals surface area contributed by atoms with Crippen LogP contribution in [0.4, 0.5) is 17.1 Å². The van der Waals surface area contributed by atoms with Crippen molar-refractivity contribution in [2.45, 2.75) is 0 Å². The highest BCUT2D eigenvalue weighted by Crippen LogP contribution is 2.46. The van der Waals surface area contributed by atoms with Gasteiger partial charge in [0.25, 0.3) is 0 Å². The first-order valence-electron chi connectivity index (χ1n) is 18.2. The summed E-state index contributed by atoms with van der Waals surface area (Å²) in [5.74, 6) is 0. The minimum absolute atomic E-state index is 1.10. The van der Waals surface area contributed by atoms with E-state index in [1.165, 1.54) is 60.8 Å². The van der Waals surface area contributed by atoms with Crippen LogP contribution in [0.3, 0.4) is 0 Å². The van der Waals surface area contributed by atoms with Gasteiger partial charge in [0.05, 0.1) is 5.69 Å². The van der Waals surface area contributed by atoms with Crippen LogP contribution < -0.4 is 4.90 Å². The second-order valence-corrected chi connectivity index (χ2v) is 13.3. The first-order chi connectivity index (χ1) is 26.3. The van der Waals surface area contributed by atoms with Crippen LogP contribution >= 0.6 is 0 Å². The van der Waals surface area contributed by atoms with Gasteiger partial charge in [-0.25, -0.2) is 0 Å². The molecule has 250 valence electrons. The number of anilines is 3. The van der Waals surface area contributed by atoms with E-state index in [0.29, 0.717) is 0 Å². The molecule has 0 bridgehead atoms. The van der Waals surface area contributed by atoms with E-state index in [1.54, 1.807) is 0 Å². The fourth-order valence-corrected chi connectivity index (χ4v) is 7.47. The van der Waals surface area contributed by atoms with E-state index in [9.17, 15) is 0 Å². The first-order valence-corrected chi connectivity index (χ1v) is 18.2. The minimum atomic E-state index is 1.10. The van der Waals surface area contributed by atoms with Gasteiger partial charge in [-0.15, -0.1) is 0 Å². The Morgan fingerprint density at radius 1 is 0.226 bits per heavy atom. The molecule has 9 aromatic carbocycles. The molecule has 0 amide bonds. The molecule has 1 heteroatoms. The van der Waals surface area contributed by atoms with Crippen LogP contribution in [0.5, 0.6) is 0 Å².